The Morgan fingerprint density at radius 3 is 2.61 bits per heavy atom. The average Bonchev–Trinajstić information content (AvgIpc) is 3.01. The minimum absolute atomic E-state index is 0.0642. The molecule has 3 N–H and O–H groups in total. The van der Waals surface area contributed by atoms with E-state index in [1.54, 1.807) is 6.07 Å². The van der Waals surface area contributed by atoms with Crippen molar-refractivity contribution in [3.8, 4) is 0 Å². The van der Waals surface area contributed by atoms with Gasteiger partial charge in [-0.1, -0.05) is 0 Å². The molecule has 1 saturated heterocycles. The van der Waals surface area contributed by atoms with E-state index in [9.17, 15) is 14.4 Å². The smallest absolute Gasteiger partial charge is 0.305 e. The molecule has 0 aromatic carbocycles. The predicted molar refractivity (Wildman–Crippen MR) is 78.8 cm³/mol. The van der Waals surface area contributed by atoms with Crippen molar-refractivity contribution in [1.29, 1.82) is 0 Å². The number of carboxylic acid groups (broad SMARTS) is 1. The van der Waals surface area contributed by atoms with Crippen LogP contribution in [0.15, 0.2) is 22.8 Å². The van der Waals surface area contributed by atoms with Gasteiger partial charge in [-0.25, -0.2) is 0 Å². The second-order valence-electron chi connectivity index (χ2n) is 5.49. The molecule has 1 aromatic rings. The number of aliphatic carboxylic acids is 1. The fourth-order valence-electron chi connectivity index (χ4n) is 2.54. The van der Waals surface area contributed by atoms with Gasteiger partial charge in [0, 0.05) is 26.2 Å². The van der Waals surface area contributed by atoms with Crippen molar-refractivity contribution in [3.63, 3.8) is 0 Å². The zero-order valence-electron chi connectivity index (χ0n) is 12.7. The van der Waals surface area contributed by atoms with E-state index in [2.05, 4.69) is 10.6 Å². The summed E-state index contributed by atoms with van der Waals surface area (Å²) in [4.78, 5) is 34.7. The van der Waals surface area contributed by atoms with E-state index >= 15 is 0 Å². The first-order valence-electron chi connectivity index (χ1n) is 7.43. The lowest BCUT2D eigenvalue weighted by Crippen LogP contribution is -2.53. The average molecular weight is 324 g/mol. The van der Waals surface area contributed by atoms with Crippen molar-refractivity contribution < 1.29 is 28.6 Å². The molecular formula is C15H20N2O6. The van der Waals surface area contributed by atoms with E-state index in [0.717, 1.165) is 0 Å². The first-order chi connectivity index (χ1) is 11.0. The Hall–Kier alpha value is -2.35. The maximum atomic E-state index is 12.0. The molecule has 2 rings (SSSR count). The maximum absolute atomic E-state index is 12.0. The first-order valence-corrected chi connectivity index (χ1v) is 7.43. The van der Waals surface area contributed by atoms with E-state index < -0.39 is 17.4 Å². The van der Waals surface area contributed by atoms with E-state index in [-0.39, 0.29) is 31.1 Å². The van der Waals surface area contributed by atoms with Gasteiger partial charge in [0.2, 0.25) is 5.91 Å². The Bertz CT molecular complexity index is 548. The Morgan fingerprint density at radius 1 is 1.26 bits per heavy atom. The SMILES string of the molecule is O=C(O)CC1(NC(=O)CCNC(=O)c2ccco2)CCOCC1. The highest BCUT2D eigenvalue weighted by atomic mass is 16.5. The second-order valence-corrected chi connectivity index (χ2v) is 5.49. The zero-order valence-corrected chi connectivity index (χ0v) is 12.7. The summed E-state index contributed by atoms with van der Waals surface area (Å²) < 4.78 is 10.2. The van der Waals surface area contributed by atoms with Gasteiger partial charge in [0.25, 0.3) is 5.91 Å². The summed E-state index contributed by atoms with van der Waals surface area (Å²) in [6, 6.07) is 3.13. The van der Waals surface area contributed by atoms with E-state index in [1.807, 2.05) is 0 Å². The Labute approximate surface area is 133 Å². The normalized spacial score (nSPS) is 16.5. The fraction of sp³-hybridized carbons (Fsp3) is 0.533. The molecule has 8 heteroatoms. The summed E-state index contributed by atoms with van der Waals surface area (Å²) in [5, 5.41) is 14.4. The minimum Gasteiger partial charge on any atom is -0.481 e. The Morgan fingerprint density at radius 2 is 2.00 bits per heavy atom. The lowest BCUT2D eigenvalue weighted by molar-refractivity contribution is -0.140. The van der Waals surface area contributed by atoms with Crippen LogP contribution in [0.1, 0.15) is 36.2 Å². The number of furan rings is 1. The largest absolute Gasteiger partial charge is 0.481 e. The molecule has 8 nitrogen and oxygen atoms in total. The van der Waals surface area contributed by atoms with Gasteiger partial charge in [0.1, 0.15) is 0 Å². The molecule has 1 aliphatic heterocycles. The number of carbonyl (C=O) groups is 3. The molecule has 1 aliphatic rings. The second kappa shape index (κ2) is 7.77. The molecule has 0 radical (unpaired) electrons. The van der Waals surface area contributed by atoms with Crippen LogP contribution in [0.4, 0.5) is 0 Å². The molecule has 1 fully saturated rings. The topological polar surface area (TPSA) is 118 Å². The summed E-state index contributed by atoms with van der Waals surface area (Å²) in [5.74, 6) is -1.47. The van der Waals surface area contributed by atoms with Crippen LogP contribution in [0.5, 0.6) is 0 Å². The third-order valence-electron chi connectivity index (χ3n) is 3.73. The molecule has 2 amide bonds. The quantitative estimate of drug-likeness (QED) is 0.674. The lowest BCUT2D eigenvalue weighted by atomic mass is 9.86. The highest BCUT2D eigenvalue weighted by Gasteiger charge is 2.36. The number of ether oxygens (including phenoxy) is 1. The van der Waals surface area contributed by atoms with E-state index in [4.69, 9.17) is 14.3 Å². The molecule has 23 heavy (non-hydrogen) atoms. The van der Waals surface area contributed by atoms with Crippen LogP contribution in [-0.4, -0.2) is 48.2 Å². The highest BCUT2D eigenvalue weighted by Crippen LogP contribution is 2.24. The maximum Gasteiger partial charge on any atom is 0.305 e. The molecule has 0 bridgehead atoms. The molecule has 0 saturated carbocycles. The summed E-state index contributed by atoms with van der Waals surface area (Å²) in [7, 11) is 0. The molecule has 126 valence electrons. The van der Waals surface area contributed by atoms with Gasteiger partial charge >= 0.3 is 5.97 Å². The van der Waals surface area contributed by atoms with Crippen molar-refractivity contribution in [2.24, 2.45) is 0 Å². The van der Waals surface area contributed by atoms with Gasteiger partial charge < -0.3 is 24.9 Å². The minimum atomic E-state index is -0.960. The Kier molecular flexibility index (Phi) is 5.75. The van der Waals surface area contributed by atoms with Crippen molar-refractivity contribution in [3.05, 3.63) is 24.2 Å². The first kappa shape index (κ1) is 17.0. The molecule has 0 unspecified atom stereocenters. The van der Waals surface area contributed by atoms with Crippen LogP contribution >= 0.6 is 0 Å². The number of nitrogens with one attached hydrogen (secondary N) is 2. The number of hydrogen-bond acceptors (Lipinski definition) is 5. The van der Waals surface area contributed by atoms with Crippen molar-refractivity contribution in [2.75, 3.05) is 19.8 Å². The van der Waals surface area contributed by atoms with E-state index in [1.165, 1.54) is 12.3 Å². The molecule has 2 heterocycles. The third-order valence-corrected chi connectivity index (χ3v) is 3.73. The monoisotopic (exact) mass is 324 g/mol. The number of amides is 2. The van der Waals surface area contributed by atoms with Crippen LogP contribution in [0.3, 0.4) is 0 Å². The van der Waals surface area contributed by atoms with Gasteiger partial charge in [0.15, 0.2) is 5.76 Å². The van der Waals surface area contributed by atoms with Gasteiger partial charge in [-0.05, 0) is 25.0 Å². The van der Waals surface area contributed by atoms with Crippen LogP contribution in [0.25, 0.3) is 0 Å². The highest BCUT2D eigenvalue weighted by molar-refractivity contribution is 5.91. The zero-order chi connectivity index (χ0) is 16.7. The molecule has 0 aliphatic carbocycles. The van der Waals surface area contributed by atoms with Gasteiger partial charge in [-0.2, -0.15) is 0 Å². The van der Waals surface area contributed by atoms with Gasteiger partial charge in [-0.15, -0.1) is 0 Å². The van der Waals surface area contributed by atoms with Crippen LogP contribution in [0.2, 0.25) is 0 Å². The number of rotatable bonds is 7. The number of hydrogen-bond donors (Lipinski definition) is 3. The molecule has 1 aromatic heterocycles. The predicted octanol–water partition coefficient (Wildman–Crippen LogP) is 0.540. The van der Waals surface area contributed by atoms with Crippen LogP contribution < -0.4 is 10.6 Å². The Balaban J connectivity index is 1.80. The van der Waals surface area contributed by atoms with Crippen molar-refractivity contribution in [1.82, 2.24) is 10.6 Å². The molecule has 0 spiro atoms. The molecule has 0 atom stereocenters. The summed E-state index contributed by atoms with van der Waals surface area (Å²) >= 11 is 0. The van der Waals surface area contributed by atoms with E-state index in [0.29, 0.717) is 26.1 Å². The lowest BCUT2D eigenvalue weighted by Gasteiger charge is -2.36. The van der Waals surface area contributed by atoms with Crippen molar-refractivity contribution >= 4 is 17.8 Å². The van der Waals surface area contributed by atoms with Crippen molar-refractivity contribution in [2.45, 2.75) is 31.2 Å². The third kappa shape index (κ3) is 5.10. The summed E-state index contributed by atoms with van der Waals surface area (Å²) in [6.07, 6.45) is 2.24. The van der Waals surface area contributed by atoms with Gasteiger partial charge in [-0.3, -0.25) is 14.4 Å². The van der Waals surface area contributed by atoms with Gasteiger partial charge in [0.05, 0.1) is 18.2 Å². The number of carbonyl (C=O) groups excluding carboxylic acids is 2. The summed E-state index contributed by atoms with van der Waals surface area (Å²) in [5.41, 5.74) is -0.772. The van der Waals surface area contributed by atoms with Crippen LogP contribution in [-0.2, 0) is 14.3 Å². The summed E-state index contributed by atoms with van der Waals surface area (Å²) in [6.45, 7) is 0.983. The number of carboxylic acids is 1. The standard InChI is InChI=1S/C15H20N2O6/c18-12(3-6-16-14(21)11-2-1-7-23-11)17-15(10-13(19)20)4-8-22-9-5-15/h1-2,7H,3-6,8-10H2,(H,16,21)(H,17,18)(H,19,20). The fourth-order valence-corrected chi connectivity index (χ4v) is 2.54. The molecular weight excluding hydrogens is 304 g/mol. The van der Waals surface area contributed by atoms with Crippen LogP contribution in [0, 0.1) is 0 Å².